The molecular weight excluding hydrogens is 274 g/mol. The number of aryl methyl sites for hydroxylation is 1. The molecule has 3 rings (SSSR count). The number of rotatable bonds is 4. The fourth-order valence-corrected chi connectivity index (χ4v) is 4.52. The lowest BCUT2D eigenvalue weighted by molar-refractivity contribution is 0.501. The Morgan fingerprint density at radius 3 is 3.16 bits per heavy atom. The van der Waals surface area contributed by atoms with Crippen molar-refractivity contribution in [2.75, 3.05) is 19.0 Å². The number of thiazole rings is 1. The molecule has 2 heterocycles. The van der Waals surface area contributed by atoms with Gasteiger partial charge in [0.25, 0.3) is 0 Å². The van der Waals surface area contributed by atoms with E-state index in [1.807, 2.05) is 22.7 Å². The van der Waals surface area contributed by atoms with E-state index in [4.69, 9.17) is 4.98 Å². The van der Waals surface area contributed by atoms with E-state index >= 15 is 0 Å². The Labute approximate surface area is 122 Å². The van der Waals surface area contributed by atoms with Gasteiger partial charge in [0.15, 0.2) is 5.13 Å². The number of fused-ring (bicyclic) bond motifs is 1. The van der Waals surface area contributed by atoms with E-state index < -0.39 is 0 Å². The van der Waals surface area contributed by atoms with E-state index in [2.05, 4.69) is 41.8 Å². The van der Waals surface area contributed by atoms with Gasteiger partial charge < -0.3 is 10.2 Å². The first kappa shape index (κ1) is 13.1. The number of anilines is 1. The second-order valence-corrected chi connectivity index (χ2v) is 7.02. The van der Waals surface area contributed by atoms with Gasteiger partial charge in [-0.25, -0.2) is 4.98 Å². The molecule has 0 aromatic carbocycles. The molecule has 2 aromatic rings. The third kappa shape index (κ3) is 2.68. The van der Waals surface area contributed by atoms with Crippen LogP contribution in [0.15, 0.2) is 17.5 Å². The van der Waals surface area contributed by atoms with Gasteiger partial charge >= 0.3 is 0 Å². The molecule has 102 valence electrons. The zero-order valence-corrected chi connectivity index (χ0v) is 13.0. The molecule has 0 saturated carbocycles. The lowest BCUT2D eigenvalue weighted by Gasteiger charge is -2.19. The highest BCUT2D eigenvalue weighted by molar-refractivity contribution is 7.15. The monoisotopic (exact) mass is 293 g/mol. The molecule has 5 heteroatoms. The average Bonchev–Trinajstić information content (AvgIpc) is 3.06. The van der Waals surface area contributed by atoms with Crippen LogP contribution in [0.5, 0.6) is 0 Å². The molecule has 0 saturated heterocycles. The van der Waals surface area contributed by atoms with Gasteiger partial charge in [0, 0.05) is 22.8 Å². The van der Waals surface area contributed by atoms with E-state index in [1.54, 1.807) is 0 Å². The highest BCUT2D eigenvalue weighted by atomic mass is 32.1. The van der Waals surface area contributed by atoms with E-state index in [0.717, 1.165) is 18.1 Å². The maximum atomic E-state index is 4.84. The van der Waals surface area contributed by atoms with Crippen molar-refractivity contribution in [3.8, 4) is 0 Å². The molecule has 0 fully saturated rings. The third-order valence-corrected chi connectivity index (χ3v) is 5.77. The SMILES string of the molecule is CNC1CCCc2nc(N(C)Cc3cccs3)sc21. The minimum atomic E-state index is 0.505. The Morgan fingerprint density at radius 1 is 1.53 bits per heavy atom. The first-order chi connectivity index (χ1) is 9.28. The van der Waals surface area contributed by atoms with Gasteiger partial charge in [0.2, 0.25) is 0 Å². The predicted molar refractivity (Wildman–Crippen MR) is 83.3 cm³/mol. The van der Waals surface area contributed by atoms with Crippen LogP contribution in [0.1, 0.15) is 34.3 Å². The number of hydrogen-bond donors (Lipinski definition) is 1. The van der Waals surface area contributed by atoms with Crippen molar-refractivity contribution in [1.29, 1.82) is 0 Å². The summed E-state index contributed by atoms with van der Waals surface area (Å²) in [6.07, 6.45) is 3.62. The van der Waals surface area contributed by atoms with Crippen LogP contribution in [0.25, 0.3) is 0 Å². The first-order valence-electron chi connectivity index (χ1n) is 6.68. The van der Waals surface area contributed by atoms with E-state index in [-0.39, 0.29) is 0 Å². The molecule has 0 aliphatic heterocycles. The summed E-state index contributed by atoms with van der Waals surface area (Å²) < 4.78 is 0. The van der Waals surface area contributed by atoms with Crippen LogP contribution in [-0.2, 0) is 13.0 Å². The van der Waals surface area contributed by atoms with Gasteiger partial charge in [-0.05, 0) is 37.8 Å². The predicted octanol–water partition coefficient (Wildman–Crippen LogP) is 3.44. The summed E-state index contributed by atoms with van der Waals surface area (Å²) in [4.78, 5) is 9.94. The van der Waals surface area contributed by atoms with Crippen LogP contribution < -0.4 is 10.2 Å². The van der Waals surface area contributed by atoms with Gasteiger partial charge in [0.1, 0.15) is 0 Å². The number of aromatic nitrogens is 1. The summed E-state index contributed by atoms with van der Waals surface area (Å²) in [5, 5.41) is 6.70. The van der Waals surface area contributed by atoms with Crippen LogP contribution >= 0.6 is 22.7 Å². The largest absolute Gasteiger partial charge is 0.346 e. The normalized spacial score (nSPS) is 18.3. The van der Waals surface area contributed by atoms with Crippen molar-refractivity contribution in [1.82, 2.24) is 10.3 Å². The summed E-state index contributed by atoms with van der Waals surface area (Å²) in [5.41, 5.74) is 1.31. The molecule has 3 nitrogen and oxygen atoms in total. The second-order valence-electron chi connectivity index (χ2n) is 4.98. The number of thiophene rings is 1. The van der Waals surface area contributed by atoms with Crippen LogP contribution in [0, 0.1) is 0 Å². The molecule has 1 aliphatic rings. The maximum Gasteiger partial charge on any atom is 0.185 e. The minimum Gasteiger partial charge on any atom is -0.346 e. The smallest absolute Gasteiger partial charge is 0.185 e. The van der Waals surface area contributed by atoms with Gasteiger partial charge in [-0.15, -0.1) is 11.3 Å². The molecule has 0 spiro atoms. The zero-order chi connectivity index (χ0) is 13.2. The Bertz CT molecular complexity index is 533. The Morgan fingerprint density at radius 2 is 2.42 bits per heavy atom. The second kappa shape index (κ2) is 5.61. The Hall–Kier alpha value is -0.910. The summed E-state index contributed by atoms with van der Waals surface area (Å²) in [6.45, 7) is 0.953. The molecule has 1 aliphatic carbocycles. The highest BCUT2D eigenvalue weighted by Crippen LogP contribution is 2.37. The molecule has 1 atom stereocenters. The van der Waals surface area contributed by atoms with Gasteiger partial charge in [-0.3, -0.25) is 0 Å². The van der Waals surface area contributed by atoms with Crippen LogP contribution in [0.3, 0.4) is 0 Å². The van der Waals surface area contributed by atoms with Crippen molar-refractivity contribution in [3.05, 3.63) is 33.0 Å². The van der Waals surface area contributed by atoms with Gasteiger partial charge in [-0.2, -0.15) is 0 Å². The van der Waals surface area contributed by atoms with Crippen molar-refractivity contribution in [2.45, 2.75) is 31.8 Å². The van der Waals surface area contributed by atoms with Crippen molar-refractivity contribution in [3.63, 3.8) is 0 Å². The third-order valence-electron chi connectivity index (χ3n) is 3.59. The van der Waals surface area contributed by atoms with E-state index in [9.17, 15) is 0 Å². The van der Waals surface area contributed by atoms with Crippen LogP contribution in [-0.4, -0.2) is 19.1 Å². The lowest BCUT2D eigenvalue weighted by atomic mass is 9.98. The van der Waals surface area contributed by atoms with E-state index in [1.165, 1.54) is 28.3 Å². The van der Waals surface area contributed by atoms with Crippen LogP contribution in [0.4, 0.5) is 5.13 Å². The molecule has 0 radical (unpaired) electrons. The van der Waals surface area contributed by atoms with Crippen molar-refractivity contribution >= 4 is 27.8 Å². The molecule has 0 bridgehead atoms. The number of nitrogens with zero attached hydrogens (tertiary/aromatic N) is 2. The minimum absolute atomic E-state index is 0.505. The van der Waals surface area contributed by atoms with Crippen molar-refractivity contribution < 1.29 is 0 Å². The Kier molecular flexibility index (Phi) is 3.86. The number of nitrogens with one attached hydrogen (secondary N) is 1. The highest BCUT2D eigenvalue weighted by Gasteiger charge is 2.24. The topological polar surface area (TPSA) is 28.2 Å². The molecule has 1 unspecified atom stereocenters. The zero-order valence-electron chi connectivity index (χ0n) is 11.3. The first-order valence-corrected chi connectivity index (χ1v) is 8.38. The van der Waals surface area contributed by atoms with Crippen LogP contribution in [0.2, 0.25) is 0 Å². The summed E-state index contributed by atoms with van der Waals surface area (Å²) in [6, 6.07) is 4.80. The average molecular weight is 293 g/mol. The summed E-state index contributed by atoms with van der Waals surface area (Å²) in [5.74, 6) is 0. The fourth-order valence-electron chi connectivity index (χ4n) is 2.55. The summed E-state index contributed by atoms with van der Waals surface area (Å²) >= 11 is 3.66. The van der Waals surface area contributed by atoms with Crippen molar-refractivity contribution in [2.24, 2.45) is 0 Å². The van der Waals surface area contributed by atoms with E-state index in [0.29, 0.717) is 6.04 Å². The van der Waals surface area contributed by atoms with Gasteiger partial charge in [-0.1, -0.05) is 17.4 Å². The summed E-state index contributed by atoms with van der Waals surface area (Å²) in [7, 11) is 4.19. The molecule has 0 amide bonds. The molecule has 1 N–H and O–H groups in total. The molecule has 2 aromatic heterocycles. The Balaban J connectivity index is 1.80. The molecular formula is C14H19N3S2. The lowest BCUT2D eigenvalue weighted by Crippen LogP contribution is -2.19. The fraction of sp³-hybridized carbons (Fsp3) is 0.500. The quantitative estimate of drug-likeness (QED) is 0.936. The molecule has 19 heavy (non-hydrogen) atoms. The maximum absolute atomic E-state index is 4.84. The number of hydrogen-bond acceptors (Lipinski definition) is 5. The standard InChI is InChI=1S/C14H19N3S2/c1-15-11-6-3-7-12-13(11)19-14(16-12)17(2)9-10-5-4-8-18-10/h4-5,8,11,15H,3,6-7,9H2,1-2H3. The van der Waals surface area contributed by atoms with Gasteiger partial charge in [0.05, 0.1) is 12.2 Å².